The van der Waals surface area contributed by atoms with E-state index >= 15 is 0 Å². The number of nitriles is 1. The number of carbonyl (C=O) groups excluding carboxylic acids is 2. The number of nitrogens with one attached hydrogen (secondary N) is 2. The molecular weight excluding hydrogens is 432 g/mol. The lowest BCUT2D eigenvalue weighted by molar-refractivity contribution is -0.140. The molecule has 3 heterocycles. The molecule has 2 aliphatic heterocycles. The second-order valence-corrected chi connectivity index (χ2v) is 8.62. The number of para-hydroxylation sites is 1. The zero-order valence-electron chi connectivity index (χ0n) is 19.4. The summed E-state index contributed by atoms with van der Waals surface area (Å²) >= 11 is 0. The molecule has 1 atom stereocenters. The quantitative estimate of drug-likeness (QED) is 0.304. The maximum absolute atomic E-state index is 13.2. The van der Waals surface area contributed by atoms with Gasteiger partial charge in [0, 0.05) is 31.4 Å². The molecule has 2 fully saturated rings. The Kier molecular flexibility index (Phi) is 7.42. The number of nitrogens with zero attached hydrogens (tertiary/aromatic N) is 6. The molecule has 34 heavy (non-hydrogen) atoms. The van der Waals surface area contributed by atoms with E-state index in [1.54, 1.807) is 9.58 Å². The molecule has 10 nitrogen and oxygen atoms in total. The van der Waals surface area contributed by atoms with Crippen LogP contribution in [0.15, 0.2) is 41.4 Å². The second kappa shape index (κ2) is 10.8. The minimum Gasteiger partial charge on any atom is -0.341 e. The Labute approximate surface area is 199 Å². The van der Waals surface area contributed by atoms with Crippen LogP contribution in [0.3, 0.4) is 0 Å². The van der Waals surface area contributed by atoms with E-state index in [4.69, 9.17) is 0 Å². The van der Waals surface area contributed by atoms with Crippen molar-refractivity contribution in [3.05, 3.63) is 42.1 Å². The molecule has 0 aliphatic carbocycles. The van der Waals surface area contributed by atoms with Gasteiger partial charge in [-0.25, -0.2) is 9.67 Å². The second-order valence-electron chi connectivity index (χ2n) is 8.62. The highest BCUT2D eigenvalue weighted by Crippen LogP contribution is 2.18. The average molecular weight is 463 g/mol. The van der Waals surface area contributed by atoms with Crippen LogP contribution in [-0.4, -0.2) is 69.6 Å². The van der Waals surface area contributed by atoms with Gasteiger partial charge in [-0.1, -0.05) is 18.2 Å². The van der Waals surface area contributed by atoms with Gasteiger partial charge in [0.15, 0.2) is 12.0 Å². The molecule has 2 saturated heterocycles. The van der Waals surface area contributed by atoms with Gasteiger partial charge in [0.2, 0.25) is 17.8 Å². The van der Waals surface area contributed by atoms with Crippen molar-refractivity contribution in [2.45, 2.75) is 45.1 Å². The van der Waals surface area contributed by atoms with E-state index in [1.165, 1.54) is 0 Å². The molecule has 2 N–H and O–H groups in total. The molecular formula is C24H30N8O2. The van der Waals surface area contributed by atoms with Crippen molar-refractivity contribution < 1.29 is 9.59 Å². The number of carbonyl (C=O) groups is 2. The smallest absolute Gasteiger partial charge is 0.247 e. The van der Waals surface area contributed by atoms with Crippen LogP contribution < -0.4 is 10.6 Å². The van der Waals surface area contributed by atoms with E-state index in [2.05, 4.69) is 20.7 Å². The molecule has 0 radical (unpaired) electrons. The summed E-state index contributed by atoms with van der Waals surface area (Å²) in [5.41, 5.74) is 1.82. The number of aryl methyl sites for hydroxylation is 1. The summed E-state index contributed by atoms with van der Waals surface area (Å²) in [6, 6.07) is 10.9. The number of benzene rings is 1. The Morgan fingerprint density at radius 1 is 1.18 bits per heavy atom. The maximum atomic E-state index is 13.2. The average Bonchev–Trinajstić information content (AvgIpc) is 3.47. The SMILES string of the molecule is Cc1cc(NC(=N[C@H]2CCCCN(CC(=O)N3CCCC3)C2=O)NC#N)nn1-c1ccccc1. The highest BCUT2D eigenvalue weighted by Gasteiger charge is 2.30. The number of aliphatic imine (C=N–C) groups is 1. The molecule has 10 heteroatoms. The number of hydrogen-bond acceptors (Lipinski definition) is 5. The van der Waals surface area contributed by atoms with E-state index in [-0.39, 0.29) is 24.3 Å². The fourth-order valence-electron chi connectivity index (χ4n) is 4.38. The summed E-state index contributed by atoms with van der Waals surface area (Å²) in [6.07, 6.45) is 6.10. The molecule has 2 aromatic rings. The van der Waals surface area contributed by atoms with Gasteiger partial charge in [-0.3, -0.25) is 14.9 Å². The molecule has 1 aromatic heterocycles. The van der Waals surface area contributed by atoms with Gasteiger partial charge >= 0.3 is 0 Å². The molecule has 0 bridgehead atoms. The predicted molar refractivity (Wildman–Crippen MR) is 128 cm³/mol. The summed E-state index contributed by atoms with van der Waals surface area (Å²) in [5.74, 6) is 0.470. The number of hydrogen-bond donors (Lipinski definition) is 2. The van der Waals surface area contributed by atoms with Crippen molar-refractivity contribution in [3.8, 4) is 11.9 Å². The Morgan fingerprint density at radius 2 is 1.91 bits per heavy atom. The molecule has 0 unspecified atom stereocenters. The first-order valence-corrected chi connectivity index (χ1v) is 11.7. The largest absolute Gasteiger partial charge is 0.341 e. The zero-order chi connectivity index (χ0) is 23.9. The van der Waals surface area contributed by atoms with Crippen molar-refractivity contribution in [3.63, 3.8) is 0 Å². The van der Waals surface area contributed by atoms with Crippen molar-refractivity contribution >= 4 is 23.6 Å². The van der Waals surface area contributed by atoms with Crippen molar-refractivity contribution in [1.82, 2.24) is 24.9 Å². The standard InChI is InChI=1S/C24H30N8O2/c1-18-15-21(29-32(18)19-9-3-2-4-10-19)28-24(26-17-25)27-20-11-5-6-14-31(23(20)34)16-22(33)30-12-7-8-13-30/h2-4,9-10,15,20H,5-8,11-14,16H2,1H3,(H2,26,27,28,29)/t20-/m0/s1. The third-order valence-corrected chi connectivity index (χ3v) is 6.13. The Morgan fingerprint density at radius 3 is 2.65 bits per heavy atom. The van der Waals surface area contributed by atoms with E-state index in [0.717, 1.165) is 50.2 Å². The molecule has 1 aromatic carbocycles. The third-order valence-electron chi connectivity index (χ3n) is 6.13. The highest BCUT2D eigenvalue weighted by atomic mass is 16.2. The molecule has 2 aliphatic rings. The number of amides is 2. The molecule has 2 amide bonds. The number of aromatic nitrogens is 2. The minimum atomic E-state index is -0.672. The normalized spacial score (nSPS) is 19.0. The van der Waals surface area contributed by atoms with Crippen molar-refractivity contribution in [1.29, 1.82) is 5.26 Å². The first-order valence-electron chi connectivity index (χ1n) is 11.7. The van der Waals surface area contributed by atoms with E-state index in [9.17, 15) is 14.9 Å². The molecule has 0 saturated carbocycles. The Bertz CT molecular complexity index is 1080. The molecule has 4 rings (SSSR count). The fraction of sp³-hybridized carbons (Fsp3) is 0.458. The first kappa shape index (κ1) is 23.3. The molecule has 0 spiro atoms. The number of anilines is 1. The van der Waals surface area contributed by atoms with Crippen LogP contribution in [-0.2, 0) is 9.59 Å². The first-order chi connectivity index (χ1) is 16.5. The number of guanidine groups is 1. The van der Waals surface area contributed by atoms with Gasteiger partial charge in [-0.2, -0.15) is 5.26 Å². The van der Waals surface area contributed by atoms with Gasteiger partial charge in [-0.05, 0) is 51.2 Å². The topological polar surface area (TPSA) is 119 Å². The van der Waals surface area contributed by atoms with Crippen LogP contribution >= 0.6 is 0 Å². The lowest BCUT2D eigenvalue weighted by Crippen LogP contribution is -2.45. The van der Waals surface area contributed by atoms with Gasteiger partial charge in [0.25, 0.3) is 0 Å². The Balaban J connectivity index is 1.49. The van der Waals surface area contributed by atoms with Crippen molar-refractivity contribution in [2.75, 3.05) is 31.5 Å². The number of likely N-dealkylation sites (tertiary alicyclic amines) is 2. The zero-order valence-corrected chi connectivity index (χ0v) is 19.4. The van der Waals surface area contributed by atoms with Gasteiger partial charge < -0.3 is 15.1 Å². The van der Waals surface area contributed by atoms with Crippen molar-refractivity contribution in [2.24, 2.45) is 4.99 Å². The minimum absolute atomic E-state index is 0.00842. The van der Waals surface area contributed by atoms with Crippen LogP contribution in [0.25, 0.3) is 5.69 Å². The van der Waals surface area contributed by atoms with Gasteiger partial charge in [0.1, 0.15) is 6.04 Å². The summed E-state index contributed by atoms with van der Waals surface area (Å²) in [5, 5.41) is 19.4. The summed E-state index contributed by atoms with van der Waals surface area (Å²) in [7, 11) is 0. The van der Waals surface area contributed by atoms with Gasteiger partial charge in [-0.15, -0.1) is 5.10 Å². The maximum Gasteiger partial charge on any atom is 0.247 e. The predicted octanol–water partition coefficient (Wildman–Crippen LogP) is 2.02. The van der Waals surface area contributed by atoms with E-state index in [1.807, 2.05) is 54.4 Å². The van der Waals surface area contributed by atoms with E-state index < -0.39 is 6.04 Å². The van der Waals surface area contributed by atoms with Crippen LogP contribution in [0.5, 0.6) is 0 Å². The van der Waals surface area contributed by atoms with Gasteiger partial charge in [0.05, 0.1) is 12.2 Å². The van der Waals surface area contributed by atoms with Crippen LogP contribution in [0.1, 0.15) is 37.8 Å². The van der Waals surface area contributed by atoms with Crippen LogP contribution in [0, 0.1) is 18.4 Å². The van der Waals surface area contributed by atoms with E-state index in [0.29, 0.717) is 18.8 Å². The fourth-order valence-corrected chi connectivity index (χ4v) is 4.38. The van der Waals surface area contributed by atoms with Crippen LogP contribution in [0.4, 0.5) is 5.82 Å². The highest BCUT2D eigenvalue weighted by molar-refractivity contribution is 5.96. The summed E-state index contributed by atoms with van der Waals surface area (Å²) in [6.45, 7) is 4.08. The monoisotopic (exact) mass is 462 g/mol. The summed E-state index contributed by atoms with van der Waals surface area (Å²) < 4.78 is 1.79. The summed E-state index contributed by atoms with van der Waals surface area (Å²) in [4.78, 5) is 33.8. The van der Waals surface area contributed by atoms with Crippen LogP contribution in [0.2, 0.25) is 0 Å². The number of rotatable bonds is 5. The molecule has 178 valence electrons. The third kappa shape index (κ3) is 5.54. The Hall–Kier alpha value is -3.87. The lowest BCUT2D eigenvalue weighted by Gasteiger charge is -2.25. The lowest BCUT2D eigenvalue weighted by atomic mass is 10.1.